The summed E-state index contributed by atoms with van der Waals surface area (Å²) in [5.74, 6) is 0. The number of unbranched alkanes of at least 4 members (excludes halogenated alkanes) is 15. The minimum atomic E-state index is 1.11. The third-order valence-electron chi connectivity index (χ3n) is 6.57. The van der Waals surface area contributed by atoms with Crippen molar-refractivity contribution in [2.45, 2.75) is 109 Å². The van der Waals surface area contributed by atoms with Gasteiger partial charge in [0.05, 0.1) is 20.6 Å². The standard InChI is InChI=1S/C28H55N2Si/c1-30(2,26-28-22-18-17-19-23-28)25-21-16-14-12-10-8-6-4-3-5-7-9-11-13-15-20-24-29-27-31/h17-19,22-23,29H,3-16,20-21,24-27H2,1-2,31H3/q+1. The fourth-order valence-electron chi connectivity index (χ4n) is 4.60. The van der Waals surface area contributed by atoms with Crippen LogP contribution >= 0.6 is 0 Å². The summed E-state index contributed by atoms with van der Waals surface area (Å²) in [5, 5.41) is 3.47. The lowest BCUT2D eigenvalue weighted by molar-refractivity contribution is -0.903. The predicted molar refractivity (Wildman–Crippen MR) is 144 cm³/mol. The smallest absolute Gasteiger partial charge is 0.104 e. The Balaban J connectivity index is 1.78. The van der Waals surface area contributed by atoms with E-state index in [0.717, 1.165) is 11.0 Å². The highest BCUT2D eigenvalue weighted by Crippen LogP contribution is 2.15. The van der Waals surface area contributed by atoms with Crippen LogP contribution in [-0.2, 0) is 6.54 Å². The molecule has 1 aromatic rings. The Kier molecular flexibility index (Phi) is 18.3. The summed E-state index contributed by atoms with van der Waals surface area (Å²) in [6, 6.07) is 10.9. The van der Waals surface area contributed by atoms with Gasteiger partial charge in [-0.05, 0) is 32.0 Å². The molecule has 1 aromatic carbocycles. The van der Waals surface area contributed by atoms with Crippen molar-refractivity contribution in [2.24, 2.45) is 0 Å². The van der Waals surface area contributed by atoms with E-state index in [0.29, 0.717) is 0 Å². The van der Waals surface area contributed by atoms with Gasteiger partial charge in [-0.15, -0.1) is 0 Å². The Bertz CT molecular complexity index is 489. The van der Waals surface area contributed by atoms with E-state index in [1.807, 2.05) is 0 Å². The lowest BCUT2D eigenvalue weighted by Crippen LogP contribution is -2.39. The zero-order valence-electron chi connectivity index (χ0n) is 21.5. The van der Waals surface area contributed by atoms with Crippen LogP contribution in [0.15, 0.2) is 30.3 Å². The fourth-order valence-corrected chi connectivity index (χ4v) is 4.95. The second-order valence-electron chi connectivity index (χ2n) is 10.3. The first-order valence-corrected chi connectivity index (χ1v) is 15.1. The van der Waals surface area contributed by atoms with Crippen molar-refractivity contribution in [3.05, 3.63) is 35.9 Å². The normalized spacial score (nSPS) is 11.9. The molecule has 0 aliphatic heterocycles. The van der Waals surface area contributed by atoms with Crippen LogP contribution in [0.4, 0.5) is 0 Å². The molecule has 180 valence electrons. The minimum absolute atomic E-state index is 1.11. The molecule has 0 aliphatic rings. The Morgan fingerprint density at radius 3 is 1.48 bits per heavy atom. The number of quaternary nitrogens is 1. The van der Waals surface area contributed by atoms with Crippen LogP contribution in [-0.4, -0.2) is 48.1 Å². The van der Waals surface area contributed by atoms with Gasteiger partial charge < -0.3 is 9.80 Å². The van der Waals surface area contributed by atoms with Crippen molar-refractivity contribution < 1.29 is 4.48 Å². The van der Waals surface area contributed by atoms with Gasteiger partial charge >= 0.3 is 0 Å². The molecule has 0 unspecified atom stereocenters. The van der Waals surface area contributed by atoms with Gasteiger partial charge in [0.1, 0.15) is 6.54 Å². The number of nitrogens with one attached hydrogen (secondary N) is 1. The van der Waals surface area contributed by atoms with Crippen molar-refractivity contribution in [2.75, 3.05) is 33.4 Å². The maximum atomic E-state index is 3.47. The van der Waals surface area contributed by atoms with Crippen LogP contribution in [0.25, 0.3) is 0 Å². The molecule has 0 aromatic heterocycles. The quantitative estimate of drug-likeness (QED) is 0.123. The zero-order valence-corrected chi connectivity index (χ0v) is 23.5. The summed E-state index contributed by atoms with van der Waals surface area (Å²) in [7, 11) is 6.04. The highest BCUT2D eigenvalue weighted by Gasteiger charge is 2.14. The number of rotatable bonds is 22. The first-order chi connectivity index (χ1) is 15.1. The molecule has 0 fully saturated rings. The van der Waals surface area contributed by atoms with E-state index >= 15 is 0 Å². The van der Waals surface area contributed by atoms with E-state index in [1.165, 1.54) is 138 Å². The average Bonchev–Trinajstić information content (AvgIpc) is 2.75. The molecule has 0 atom stereocenters. The Hall–Kier alpha value is -0.643. The van der Waals surface area contributed by atoms with E-state index in [4.69, 9.17) is 0 Å². The lowest BCUT2D eigenvalue weighted by atomic mass is 10.0. The van der Waals surface area contributed by atoms with Crippen LogP contribution in [0.3, 0.4) is 0 Å². The van der Waals surface area contributed by atoms with Gasteiger partial charge in [-0.2, -0.15) is 0 Å². The van der Waals surface area contributed by atoms with Gasteiger partial charge in [0.15, 0.2) is 0 Å². The third kappa shape index (κ3) is 18.6. The second kappa shape index (κ2) is 20.0. The van der Waals surface area contributed by atoms with Gasteiger partial charge in [0.25, 0.3) is 0 Å². The van der Waals surface area contributed by atoms with E-state index in [9.17, 15) is 0 Å². The zero-order chi connectivity index (χ0) is 22.5. The molecule has 0 aliphatic carbocycles. The minimum Gasteiger partial charge on any atom is -0.325 e. The molecule has 3 heteroatoms. The summed E-state index contributed by atoms with van der Waals surface area (Å²) in [6.45, 7) is 3.70. The number of nitrogens with zero attached hydrogens (tertiary/aromatic N) is 1. The van der Waals surface area contributed by atoms with Gasteiger partial charge in [-0.25, -0.2) is 0 Å². The van der Waals surface area contributed by atoms with E-state index < -0.39 is 0 Å². The summed E-state index contributed by atoms with van der Waals surface area (Å²) < 4.78 is 1.11. The molecule has 31 heavy (non-hydrogen) atoms. The van der Waals surface area contributed by atoms with Gasteiger partial charge in [0, 0.05) is 15.8 Å². The third-order valence-corrected chi connectivity index (χ3v) is 7.07. The van der Waals surface area contributed by atoms with Gasteiger partial charge in [-0.1, -0.05) is 114 Å². The van der Waals surface area contributed by atoms with Crippen molar-refractivity contribution >= 4 is 10.2 Å². The SMILES string of the molecule is C[N+](C)(CCCCCCCCCCCCCCCCCCNC[SiH3])Cc1ccccc1. The number of hydrogen-bond donors (Lipinski definition) is 1. The molecule has 0 saturated carbocycles. The summed E-state index contributed by atoms with van der Waals surface area (Å²) in [6.07, 6.45) is 24.4. The molecular formula is C28H55N2Si+. The molecule has 2 nitrogen and oxygen atoms in total. The molecule has 0 radical (unpaired) electrons. The Labute approximate surface area is 198 Å². The lowest BCUT2D eigenvalue weighted by Gasteiger charge is -2.30. The number of hydrogen-bond acceptors (Lipinski definition) is 1. The largest absolute Gasteiger partial charge is 0.325 e. The van der Waals surface area contributed by atoms with E-state index in [2.05, 4.69) is 49.7 Å². The maximum absolute atomic E-state index is 3.47. The van der Waals surface area contributed by atoms with Crippen molar-refractivity contribution in [1.82, 2.24) is 5.32 Å². The van der Waals surface area contributed by atoms with Crippen LogP contribution in [0.1, 0.15) is 108 Å². The second-order valence-corrected chi connectivity index (χ2v) is 11.0. The summed E-state index contributed by atoms with van der Waals surface area (Å²) >= 11 is 0. The maximum Gasteiger partial charge on any atom is 0.104 e. The molecule has 0 saturated heterocycles. The summed E-state index contributed by atoms with van der Waals surface area (Å²) in [5.41, 5.74) is 1.46. The first-order valence-electron chi connectivity index (χ1n) is 13.7. The van der Waals surface area contributed by atoms with Crippen molar-refractivity contribution in [1.29, 1.82) is 0 Å². The van der Waals surface area contributed by atoms with E-state index in [-0.39, 0.29) is 0 Å². The van der Waals surface area contributed by atoms with Crippen molar-refractivity contribution in [3.8, 4) is 0 Å². The first kappa shape index (κ1) is 28.4. The highest BCUT2D eigenvalue weighted by molar-refractivity contribution is 6.08. The average molecular weight is 448 g/mol. The topological polar surface area (TPSA) is 12.0 Å². The molecule has 1 rings (SSSR count). The van der Waals surface area contributed by atoms with E-state index in [1.54, 1.807) is 0 Å². The Morgan fingerprint density at radius 1 is 0.613 bits per heavy atom. The fraction of sp³-hybridized carbons (Fsp3) is 0.786. The summed E-state index contributed by atoms with van der Waals surface area (Å²) in [4.78, 5) is 0. The predicted octanol–water partition coefficient (Wildman–Crippen LogP) is 6.42. The molecule has 0 bridgehead atoms. The molecule has 0 heterocycles. The van der Waals surface area contributed by atoms with Crippen molar-refractivity contribution in [3.63, 3.8) is 0 Å². The molecular weight excluding hydrogens is 392 g/mol. The molecule has 1 N–H and O–H groups in total. The van der Waals surface area contributed by atoms with Crippen LogP contribution < -0.4 is 5.32 Å². The van der Waals surface area contributed by atoms with Gasteiger partial charge in [0.2, 0.25) is 0 Å². The number of benzene rings is 1. The van der Waals surface area contributed by atoms with Crippen LogP contribution in [0, 0.1) is 0 Å². The molecule has 0 spiro atoms. The van der Waals surface area contributed by atoms with Crippen LogP contribution in [0.2, 0.25) is 0 Å². The molecule has 0 amide bonds. The van der Waals surface area contributed by atoms with Gasteiger partial charge in [-0.3, -0.25) is 0 Å². The van der Waals surface area contributed by atoms with Crippen LogP contribution in [0.5, 0.6) is 0 Å². The highest BCUT2D eigenvalue weighted by atomic mass is 28.1. The Morgan fingerprint density at radius 2 is 1.03 bits per heavy atom. The monoisotopic (exact) mass is 447 g/mol.